The molecule has 1 amide bonds. The smallest absolute Gasteiger partial charge is 0.330 e. The summed E-state index contributed by atoms with van der Waals surface area (Å²) < 4.78 is 10.4. The molecule has 13 nitrogen and oxygen atoms in total. The maximum atomic E-state index is 12.3. The first-order valence-corrected chi connectivity index (χ1v) is 17.6. The van der Waals surface area contributed by atoms with Crippen LogP contribution < -0.4 is 10.1 Å². The van der Waals surface area contributed by atoms with Crippen LogP contribution in [0.15, 0.2) is 36.4 Å². The van der Waals surface area contributed by atoms with E-state index in [0.717, 1.165) is 24.8 Å². The van der Waals surface area contributed by atoms with E-state index in [1.807, 2.05) is 12.2 Å². The number of carbonyl (C=O) groups is 4. The summed E-state index contributed by atoms with van der Waals surface area (Å²) in [6.45, 7) is 2.01. The molecule has 5 N–H and O–H groups in total. The lowest BCUT2D eigenvalue weighted by molar-refractivity contribution is -0.492. The number of nitrogens with zero attached hydrogens (tertiary/aromatic N) is 1. The van der Waals surface area contributed by atoms with Crippen molar-refractivity contribution in [3.8, 4) is 5.75 Å². The summed E-state index contributed by atoms with van der Waals surface area (Å²) in [6.07, 6.45) is 13.1. The third-order valence-corrected chi connectivity index (χ3v) is 8.66. The molecule has 1 fully saturated rings. The van der Waals surface area contributed by atoms with E-state index in [0.29, 0.717) is 57.1 Å². The van der Waals surface area contributed by atoms with Gasteiger partial charge in [0.2, 0.25) is 5.91 Å². The molecule has 0 bridgehead atoms. The first kappa shape index (κ1) is 42.0. The van der Waals surface area contributed by atoms with Crippen LogP contribution in [-0.4, -0.2) is 81.6 Å². The molecule has 49 heavy (non-hydrogen) atoms. The van der Waals surface area contributed by atoms with Gasteiger partial charge in [0.15, 0.2) is 0 Å². The van der Waals surface area contributed by atoms with E-state index in [1.165, 1.54) is 12.8 Å². The molecular weight excluding hydrogens is 636 g/mol. The van der Waals surface area contributed by atoms with Crippen LogP contribution in [0.3, 0.4) is 0 Å². The number of Topliss-reactive ketones (excluding diaryl/α,β-unsaturated/α-hetero) is 1. The minimum absolute atomic E-state index is 0.0446. The van der Waals surface area contributed by atoms with Gasteiger partial charge in [0, 0.05) is 32.1 Å². The van der Waals surface area contributed by atoms with Crippen LogP contribution >= 0.6 is 0 Å². The number of carbonyl (C=O) groups excluding carboxylic acids is 4. The second-order valence-electron chi connectivity index (χ2n) is 12.6. The zero-order valence-corrected chi connectivity index (χ0v) is 28.8. The molecule has 4 atom stereocenters. The first-order valence-electron chi connectivity index (χ1n) is 17.6. The third kappa shape index (κ3) is 19.0. The van der Waals surface area contributed by atoms with E-state index < -0.39 is 29.5 Å². The fourth-order valence-electron chi connectivity index (χ4n) is 5.90. The Balaban J connectivity index is 1.57. The fraction of sp³-hybridized carbons (Fsp3) is 0.667. The molecule has 0 saturated heterocycles. The summed E-state index contributed by atoms with van der Waals surface area (Å²) in [4.78, 5) is 52.8. The van der Waals surface area contributed by atoms with Gasteiger partial charge in [-0.1, -0.05) is 56.9 Å². The lowest BCUT2D eigenvalue weighted by Gasteiger charge is -2.22. The number of rotatable bonds is 26. The molecule has 13 heteroatoms. The van der Waals surface area contributed by atoms with Gasteiger partial charge in [-0.05, 0) is 74.5 Å². The van der Waals surface area contributed by atoms with Gasteiger partial charge in [-0.15, -0.1) is 0 Å². The van der Waals surface area contributed by atoms with Crippen molar-refractivity contribution in [2.75, 3.05) is 19.8 Å². The van der Waals surface area contributed by atoms with Crippen molar-refractivity contribution in [1.82, 2.24) is 10.7 Å². The molecule has 1 saturated carbocycles. The van der Waals surface area contributed by atoms with Crippen molar-refractivity contribution in [1.29, 1.82) is 0 Å². The SMILES string of the molecule is CCCCCCCC(=O)CC[C@@H]1[C@@H](C/C=C\CCCC(=O)NCC(=O)Oc2ccc(CCOC(=O)CCCON(O)O)cc2)[C@@H](O)C[C@H]1O. The molecule has 0 heterocycles. The first-order chi connectivity index (χ1) is 23.6. The Labute approximate surface area is 289 Å². The van der Waals surface area contributed by atoms with Crippen LogP contribution in [0, 0.1) is 11.8 Å². The highest BCUT2D eigenvalue weighted by molar-refractivity contribution is 5.82. The Bertz CT molecular complexity index is 1140. The van der Waals surface area contributed by atoms with Gasteiger partial charge in [0.25, 0.3) is 0 Å². The van der Waals surface area contributed by atoms with Crippen LogP contribution in [0.1, 0.15) is 109 Å². The maximum Gasteiger partial charge on any atom is 0.330 e. The standard InChI is InChI=1S/C36H56N2O11/c1-2-3-4-5-8-12-28(39)18-21-31-30(32(40)25-33(31)41)13-9-6-7-10-14-34(42)37-26-36(44)49-29-19-16-27(17-20-29)22-24-47-35(43)15-11-23-48-38(45)46/h6,9,16-17,19-20,30-33,40-41,45-46H,2-5,7-8,10-15,18,21-26H2,1H3,(H,37,42)/b9-6-/t30-,31-,32+,33-/m1/s1. The highest BCUT2D eigenvalue weighted by Crippen LogP contribution is 2.38. The molecule has 0 unspecified atom stereocenters. The van der Waals surface area contributed by atoms with Gasteiger partial charge in [0.1, 0.15) is 18.1 Å². The number of esters is 2. The normalized spacial score (nSPS) is 19.0. The quantitative estimate of drug-likeness (QED) is 0.0294. The number of ether oxygens (including phenoxy) is 2. The van der Waals surface area contributed by atoms with Crippen molar-refractivity contribution in [2.45, 2.75) is 122 Å². The molecule has 1 aromatic carbocycles. The van der Waals surface area contributed by atoms with Gasteiger partial charge in [-0.3, -0.25) is 29.6 Å². The van der Waals surface area contributed by atoms with E-state index in [9.17, 15) is 29.4 Å². The third-order valence-electron chi connectivity index (χ3n) is 8.66. The lowest BCUT2D eigenvalue weighted by atomic mass is 9.86. The maximum absolute atomic E-state index is 12.3. The Morgan fingerprint density at radius 2 is 1.57 bits per heavy atom. The van der Waals surface area contributed by atoms with E-state index in [4.69, 9.17) is 19.9 Å². The second kappa shape index (κ2) is 24.9. The topological polar surface area (TPSA) is 192 Å². The minimum Gasteiger partial charge on any atom is -0.465 e. The number of unbranched alkanes of at least 4 members (excludes halogenated alkanes) is 5. The summed E-state index contributed by atoms with van der Waals surface area (Å²) in [5, 5.41) is 40.0. The molecular formula is C36H56N2O11. The largest absolute Gasteiger partial charge is 0.465 e. The van der Waals surface area contributed by atoms with Gasteiger partial charge in [0.05, 0.1) is 30.8 Å². The van der Waals surface area contributed by atoms with Crippen LogP contribution in [0.2, 0.25) is 0 Å². The van der Waals surface area contributed by atoms with Gasteiger partial charge >= 0.3 is 11.9 Å². The fourth-order valence-corrected chi connectivity index (χ4v) is 5.90. The summed E-state index contributed by atoms with van der Waals surface area (Å²) in [5.41, 5.74) is 0.863. The van der Waals surface area contributed by atoms with Crippen molar-refractivity contribution in [2.24, 2.45) is 11.8 Å². The Morgan fingerprint density at radius 1 is 0.837 bits per heavy atom. The van der Waals surface area contributed by atoms with Crippen LogP contribution in [0.25, 0.3) is 0 Å². The number of hydrogen-bond donors (Lipinski definition) is 5. The zero-order valence-electron chi connectivity index (χ0n) is 28.8. The summed E-state index contributed by atoms with van der Waals surface area (Å²) >= 11 is 0. The monoisotopic (exact) mass is 692 g/mol. The van der Waals surface area contributed by atoms with Crippen LogP contribution in [0.5, 0.6) is 5.75 Å². The number of benzene rings is 1. The summed E-state index contributed by atoms with van der Waals surface area (Å²) in [6, 6.07) is 6.70. The second-order valence-corrected chi connectivity index (χ2v) is 12.6. The zero-order chi connectivity index (χ0) is 35.9. The van der Waals surface area contributed by atoms with E-state index in [2.05, 4.69) is 17.1 Å². The summed E-state index contributed by atoms with van der Waals surface area (Å²) in [5.74, 6) is -0.951. The average Bonchev–Trinajstić information content (AvgIpc) is 3.34. The van der Waals surface area contributed by atoms with Crippen molar-refractivity contribution < 1.29 is 54.1 Å². The lowest BCUT2D eigenvalue weighted by Crippen LogP contribution is -2.31. The van der Waals surface area contributed by atoms with Crippen molar-refractivity contribution in [3.05, 3.63) is 42.0 Å². The van der Waals surface area contributed by atoms with E-state index in [-0.39, 0.29) is 62.5 Å². The Kier molecular flexibility index (Phi) is 21.3. The molecule has 1 aromatic rings. The highest BCUT2D eigenvalue weighted by atomic mass is 17.1. The Morgan fingerprint density at radius 3 is 2.31 bits per heavy atom. The van der Waals surface area contributed by atoms with Crippen molar-refractivity contribution in [3.63, 3.8) is 0 Å². The minimum atomic E-state index is -0.607. The van der Waals surface area contributed by atoms with Crippen molar-refractivity contribution >= 4 is 23.6 Å². The average molecular weight is 693 g/mol. The Hall–Kier alpha value is -3.20. The van der Waals surface area contributed by atoms with Gasteiger partial charge in [-0.2, -0.15) is 0 Å². The number of nitrogens with one attached hydrogen (secondary N) is 1. The number of aliphatic hydroxyl groups excluding tert-OH is 2. The molecule has 0 spiro atoms. The predicted octanol–water partition coefficient (Wildman–Crippen LogP) is 4.77. The predicted molar refractivity (Wildman–Crippen MR) is 179 cm³/mol. The van der Waals surface area contributed by atoms with Crippen LogP contribution in [-0.2, 0) is 35.2 Å². The molecule has 276 valence electrons. The van der Waals surface area contributed by atoms with Crippen LogP contribution in [0.4, 0.5) is 0 Å². The van der Waals surface area contributed by atoms with Gasteiger partial charge in [-0.25, -0.2) is 4.79 Å². The number of aliphatic hydroxyl groups is 2. The number of ketones is 1. The molecule has 1 aliphatic carbocycles. The molecule has 0 aliphatic heterocycles. The molecule has 1 aliphatic rings. The molecule has 0 aromatic heterocycles. The molecule has 0 radical (unpaired) electrons. The van der Waals surface area contributed by atoms with E-state index in [1.54, 1.807) is 24.3 Å². The van der Waals surface area contributed by atoms with Gasteiger partial charge < -0.3 is 25.0 Å². The van der Waals surface area contributed by atoms with E-state index >= 15 is 0 Å². The molecule has 2 rings (SSSR count). The number of allylic oxidation sites excluding steroid dienone is 2. The highest BCUT2D eigenvalue weighted by Gasteiger charge is 2.40. The summed E-state index contributed by atoms with van der Waals surface area (Å²) in [7, 11) is 0. The number of amides is 1. The number of hydrogen-bond acceptors (Lipinski definition) is 12.